The predicted molar refractivity (Wildman–Crippen MR) is 97.9 cm³/mol. The molecule has 2 amide bonds. The monoisotopic (exact) mass is 346 g/mol. The number of anilines is 2. The number of hydrogen-bond donors (Lipinski definition) is 2. The maximum Gasteiger partial charge on any atom is 0.411 e. The zero-order valence-electron chi connectivity index (χ0n) is 14.8. The summed E-state index contributed by atoms with van der Waals surface area (Å²) in [6, 6.07) is 5.28. The molecule has 2 rings (SSSR count). The van der Waals surface area contributed by atoms with E-state index in [4.69, 9.17) is 9.47 Å². The molecule has 1 aliphatic carbocycles. The van der Waals surface area contributed by atoms with Gasteiger partial charge in [0.15, 0.2) is 0 Å². The van der Waals surface area contributed by atoms with Crippen LogP contribution in [0.25, 0.3) is 0 Å². The van der Waals surface area contributed by atoms with Gasteiger partial charge in [0.25, 0.3) is 0 Å². The van der Waals surface area contributed by atoms with Crippen molar-refractivity contribution >= 4 is 23.6 Å². The number of nitrogens with one attached hydrogen (secondary N) is 2. The molecule has 0 bridgehead atoms. The number of carbonyl (C=O) groups is 2. The van der Waals surface area contributed by atoms with E-state index < -0.39 is 12.2 Å². The Morgan fingerprint density at radius 1 is 1.12 bits per heavy atom. The Morgan fingerprint density at radius 2 is 1.92 bits per heavy atom. The molecule has 1 aliphatic rings. The van der Waals surface area contributed by atoms with Gasteiger partial charge in [-0.2, -0.15) is 0 Å². The first-order chi connectivity index (χ1) is 12.1. The van der Waals surface area contributed by atoms with Crippen molar-refractivity contribution in [1.29, 1.82) is 0 Å². The third-order valence-electron chi connectivity index (χ3n) is 3.99. The molecule has 1 atom stereocenters. The molecule has 0 fully saturated rings. The van der Waals surface area contributed by atoms with E-state index in [-0.39, 0.29) is 6.10 Å². The SMILES string of the molecule is CCOC(=O)Nc1cc(NC(=O)OC2CC/C=C\CCC2)ccc1C. The van der Waals surface area contributed by atoms with Gasteiger partial charge in [-0.05, 0) is 63.6 Å². The first-order valence-electron chi connectivity index (χ1n) is 8.75. The molecule has 0 aliphatic heterocycles. The second kappa shape index (κ2) is 9.71. The minimum Gasteiger partial charge on any atom is -0.450 e. The lowest BCUT2D eigenvalue weighted by atomic mass is 10.0. The fourth-order valence-electron chi connectivity index (χ4n) is 2.65. The zero-order valence-corrected chi connectivity index (χ0v) is 14.8. The van der Waals surface area contributed by atoms with Crippen LogP contribution in [0.2, 0.25) is 0 Å². The lowest BCUT2D eigenvalue weighted by Crippen LogP contribution is -2.23. The van der Waals surface area contributed by atoms with Crippen molar-refractivity contribution in [2.45, 2.75) is 52.1 Å². The maximum absolute atomic E-state index is 12.1. The van der Waals surface area contributed by atoms with E-state index in [1.54, 1.807) is 19.1 Å². The summed E-state index contributed by atoms with van der Waals surface area (Å²) in [5.74, 6) is 0. The quantitative estimate of drug-likeness (QED) is 0.752. The Morgan fingerprint density at radius 3 is 2.72 bits per heavy atom. The number of carbonyl (C=O) groups excluding carboxylic acids is 2. The Bertz CT molecular complexity index is 628. The van der Waals surface area contributed by atoms with E-state index >= 15 is 0 Å². The van der Waals surface area contributed by atoms with Crippen LogP contribution in [0.1, 0.15) is 44.6 Å². The van der Waals surface area contributed by atoms with Gasteiger partial charge in [-0.15, -0.1) is 0 Å². The van der Waals surface area contributed by atoms with E-state index in [0.29, 0.717) is 18.0 Å². The van der Waals surface area contributed by atoms with Crippen molar-refractivity contribution in [3.05, 3.63) is 35.9 Å². The number of amides is 2. The van der Waals surface area contributed by atoms with Crippen LogP contribution < -0.4 is 10.6 Å². The molecule has 25 heavy (non-hydrogen) atoms. The van der Waals surface area contributed by atoms with Gasteiger partial charge in [-0.1, -0.05) is 18.2 Å². The molecular formula is C19H26N2O4. The second-order valence-electron chi connectivity index (χ2n) is 6.01. The number of allylic oxidation sites excluding steroid dienone is 2. The summed E-state index contributed by atoms with van der Waals surface area (Å²) in [4.78, 5) is 23.7. The molecule has 0 heterocycles. The second-order valence-corrected chi connectivity index (χ2v) is 6.01. The average Bonchev–Trinajstić information content (AvgIpc) is 2.53. The molecule has 1 aromatic carbocycles. The summed E-state index contributed by atoms with van der Waals surface area (Å²) in [7, 11) is 0. The van der Waals surface area contributed by atoms with Crippen molar-refractivity contribution < 1.29 is 19.1 Å². The molecule has 6 heteroatoms. The van der Waals surface area contributed by atoms with Crippen LogP contribution >= 0.6 is 0 Å². The minimum absolute atomic E-state index is 0.0625. The van der Waals surface area contributed by atoms with Crippen LogP contribution in [-0.4, -0.2) is 24.9 Å². The van der Waals surface area contributed by atoms with Crippen molar-refractivity contribution in [2.75, 3.05) is 17.2 Å². The fraction of sp³-hybridized carbons (Fsp3) is 0.474. The van der Waals surface area contributed by atoms with Crippen LogP contribution in [0, 0.1) is 6.92 Å². The van der Waals surface area contributed by atoms with Gasteiger partial charge in [0.05, 0.1) is 6.61 Å². The number of aryl methyl sites for hydroxylation is 1. The molecular weight excluding hydrogens is 320 g/mol. The van der Waals surface area contributed by atoms with E-state index in [2.05, 4.69) is 22.8 Å². The largest absolute Gasteiger partial charge is 0.450 e. The lowest BCUT2D eigenvalue weighted by Gasteiger charge is -2.19. The van der Waals surface area contributed by atoms with Crippen molar-refractivity contribution in [3.63, 3.8) is 0 Å². The standard InChI is InChI=1S/C19H26N2O4/c1-3-24-18(22)21-17-13-15(12-11-14(17)2)20-19(23)25-16-9-7-5-4-6-8-10-16/h4-5,11-13,16H,3,6-10H2,1-2H3,(H,20,23)(H,21,22)/b5-4-. The van der Waals surface area contributed by atoms with Gasteiger partial charge >= 0.3 is 12.2 Å². The molecule has 136 valence electrons. The van der Waals surface area contributed by atoms with Gasteiger partial charge < -0.3 is 9.47 Å². The molecule has 0 saturated carbocycles. The molecule has 0 spiro atoms. The molecule has 1 unspecified atom stereocenters. The highest BCUT2D eigenvalue weighted by atomic mass is 16.6. The Hall–Kier alpha value is -2.50. The molecule has 0 aromatic heterocycles. The highest BCUT2D eigenvalue weighted by Crippen LogP contribution is 2.22. The number of hydrogen-bond acceptors (Lipinski definition) is 4. The third-order valence-corrected chi connectivity index (χ3v) is 3.99. The summed E-state index contributed by atoms with van der Waals surface area (Å²) in [5.41, 5.74) is 2.03. The van der Waals surface area contributed by atoms with Crippen LogP contribution in [0.3, 0.4) is 0 Å². The third kappa shape index (κ3) is 6.49. The van der Waals surface area contributed by atoms with Crippen LogP contribution in [-0.2, 0) is 9.47 Å². The number of ether oxygens (including phenoxy) is 2. The first-order valence-corrected chi connectivity index (χ1v) is 8.75. The van der Waals surface area contributed by atoms with Gasteiger partial charge in [-0.3, -0.25) is 10.6 Å². The summed E-state index contributed by atoms with van der Waals surface area (Å²) >= 11 is 0. The summed E-state index contributed by atoms with van der Waals surface area (Å²) in [6.07, 6.45) is 7.96. The van der Waals surface area contributed by atoms with Crippen LogP contribution in [0.4, 0.5) is 21.0 Å². The zero-order chi connectivity index (χ0) is 18.1. The average molecular weight is 346 g/mol. The van der Waals surface area contributed by atoms with E-state index in [0.717, 1.165) is 37.7 Å². The molecule has 0 saturated heterocycles. The van der Waals surface area contributed by atoms with Gasteiger partial charge in [-0.25, -0.2) is 9.59 Å². The fourth-order valence-corrected chi connectivity index (χ4v) is 2.65. The summed E-state index contributed by atoms with van der Waals surface area (Å²) < 4.78 is 10.4. The van der Waals surface area contributed by atoms with E-state index in [1.165, 1.54) is 0 Å². The van der Waals surface area contributed by atoms with Crippen LogP contribution in [0.15, 0.2) is 30.4 Å². The maximum atomic E-state index is 12.1. The predicted octanol–water partition coefficient (Wildman–Crippen LogP) is 5.00. The Labute approximate surface area is 148 Å². The lowest BCUT2D eigenvalue weighted by molar-refractivity contribution is 0.0985. The van der Waals surface area contributed by atoms with Crippen molar-refractivity contribution in [2.24, 2.45) is 0 Å². The summed E-state index contributed by atoms with van der Waals surface area (Å²) in [6.45, 7) is 3.91. The molecule has 2 N–H and O–H groups in total. The Balaban J connectivity index is 1.93. The molecule has 1 aromatic rings. The highest BCUT2D eigenvalue weighted by molar-refractivity contribution is 5.89. The van der Waals surface area contributed by atoms with Crippen molar-refractivity contribution in [3.8, 4) is 0 Å². The number of benzene rings is 1. The number of rotatable bonds is 4. The van der Waals surface area contributed by atoms with Gasteiger partial charge in [0, 0.05) is 11.4 Å². The highest BCUT2D eigenvalue weighted by Gasteiger charge is 2.15. The topological polar surface area (TPSA) is 76.7 Å². The first kappa shape index (κ1) is 18.8. The van der Waals surface area contributed by atoms with E-state index in [1.807, 2.05) is 13.0 Å². The minimum atomic E-state index is -0.520. The van der Waals surface area contributed by atoms with Crippen LogP contribution in [0.5, 0.6) is 0 Å². The normalized spacial score (nSPS) is 18.4. The Kier molecular flexibility index (Phi) is 7.32. The van der Waals surface area contributed by atoms with E-state index in [9.17, 15) is 9.59 Å². The van der Waals surface area contributed by atoms with Gasteiger partial charge in [0.1, 0.15) is 6.10 Å². The summed E-state index contributed by atoms with van der Waals surface area (Å²) in [5, 5.41) is 5.39. The van der Waals surface area contributed by atoms with Crippen molar-refractivity contribution in [1.82, 2.24) is 0 Å². The smallest absolute Gasteiger partial charge is 0.411 e. The van der Waals surface area contributed by atoms with Gasteiger partial charge in [0.2, 0.25) is 0 Å². The molecule has 6 nitrogen and oxygen atoms in total. The molecule has 0 radical (unpaired) electrons.